The molecule has 3 aromatic rings. The average molecular weight is 455 g/mol. The predicted octanol–water partition coefficient (Wildman–Crippen LogP) is 5.74. The van der Waals surface area contributed by atoms with Gasteiger partial charge in [-0.25, -0.2) is 8.78 Å². The quantitative estimate of drug-likeness (QED) is 0.350. The Morgan fingerprint density at radius 3 is 2.45 bits per heavy atom. The molecule has 1 heterocycles. The number of hydrogen-bond acceptors (Lipinski definition) is 3. The van der Waals surface area contributed by atoms with E-state index in [1.54, 1.807) is 4.90 Å². The standard InChI is InChI=1S/C27H32F2N2O2/c1-3-4-15-30(18-23-17-24(28)11-13-26(23)29)20-27(32)31(19-25-12-10-21(2)33-25)16-14-22-8-6-5-7-9-22/h5-13,17H,3-4,14-16,18-20H2,1-2H3. The summed E-state index contributed by atoms with van der Waals surface area (Å²) < 4.78 is 33.6. The van der Waals surface area contributed by atoms with Crippen LogP contribution in [0, 0.1) is 18.6 Å². The van der Waals surface area contributed by atoms with Crippen molar-refractivity contribution in [2.75, 3.05) is 19.6 Å². The summed E-state index contributed by atoms with van der Waals surface area (Å²) in [5, 5.41) is 0. The summed E-state index contributed by atoms with van der Waals surface area (Å²) in [5.74, 6) is 0.521. The van der Waals surface area contributed by atoms with E-state index in [4.69, 9.17) is 4.42 Å². The molecule has 6 heteroatoms. The first-order chi connectivity index (χ1) is 15.9. The zero-order chi connectivity index (χ0) is 23.6. The molecule has 0 unspecified atom stereocenters. The van der Waals surface area contributed by atoms with E-state index in [1.807, 2.05) is 54.3 Å². The first kappa shape index (κ1) is 24.6. The largest absolute Gasteiger partial charge is 0.464 e. The van der Waals surface area contributed by atoms with Gasteiger partial charge in [-0.15, -0.1) is 0 Å². The van der Waals surface area contributed by atoms with E-state index in [0.29, 0.717) is 19.6 Å². The van der Waals surface area contributed by atoms with Crippen molar-refractivity contribution in [3.8, 4) is 0 Å². The lowest BCUT2D eigenvalue weighted by Crippen LogP contribution is -2.41. The fourth-order valence-corrected chi connectivity index (χ4v) is 3.75. The fourth-order valence-electron chi connectivity index (χ4n) is 3.75. The van der Waals surface area contributed by atoms with Gasteiger partial charge in [0, 0.05) is 18.7 Å². The molecule has 0 atom stereocenters. The third kappa shape index (κ3) is 7.82. The van der Waals surface area contributed by atoms with Gasteiger partial charge >= 0.3 is 0 Å². The Kier molecular flexibility index (Phi) is 9.19. The van der Waals surface area contributed by atoms with Gasteiger partial charge in [0.15, 0.2) is 0 Å². The number of rotatable bonds is 12. The lowest BCUT2D eigenvalue weighted by Gasteiger charge is -2.27. The molecule has 4 nitrogen and oxygen atoms in total. The van der Waals surface area contributed by atoms with Gasteiger partial charge in [0.2, 0.25) is 5.91 Å². The maximum Gasteiger partial charge on any atom is 0.237 e. The average Bonchev–Trinajstić information content (AvgIpc) is 3.22. The molecule has 1 amide bonds. The number of halogens is 2. The van der Waals surface area contributed by atoms with E-state index in [9.17, 15) is 13.6 Å². The zero-order valence-corrected chi connectivity index (χ0v) is 19.4. The highest BCUT2D eigenvalue weighted by molar-refractivity contribution is 5.78. The molecule has 33 heavy (non-hydrogen) atoms. The minimum Gasteiger partial charge on any atom is -0.464 e. The van der Waals surface area contributed by atoms with Crippen molar-refractivity contribution >= 4 is 5.91 Å². The summed E-state index contributed by atoms with van der Waals surface area (Å²) in [6.45, 7) is 5.79. The van der Waals surface area contributed by atoms with Gasteiger partial charge in [0.1, 0.15) is 23.2 Å². The third-order valence-corrected chi connectivity index (χ3v) is 5.60. The van der Waals surface area contributed by atoms with E-state index in [1.165, 1.54) is 6.07 Å². The number of carbonyl (C=O) groups is 1. The Morgan fingerprint density at radius 2 is 1.76 bits per heavy atom. The predicted molar refractivity (Wildman–Crippen MR) is 126 cm³/mol. The SMILES string of the molecule is CCCCN(CC(=O)N(CCc1ccccc1)Cc1ccc(C)o1)Cc1cc(F)ccc1F. The number of unbranched alkanes of at least 4 members (excludes halogenated alkanes) is 1. The number of amides is 1. The molecule has 0 bridgehead atoms. The minimum absolute atomic E-state index is 0.0621. The van der Waals surface area contributed by atoms with Gasteiger partial charge in [-0.05, 0) is 62.2 Å². The number of aryl methyl sites for hydroxylation is 1. The summed E-state index contributed by atoms with van der Waals surface area (Å²) in [6, 6.07) is 17.2. The van der Waals surface area contributed by atoms with Gasteiger partial charge in [-0.2, -0.15) is 0 Å². The van der Waals surface area contributed by atoms with Crippen LogP contribution in [0.1, 0.15) is 42.4 Å². The van der Waals surface area contributed by atoms with E-state index in [0.717, 1.165) is 48.5 Å². The summed E-state index contributed by atoms with van der Waals surface area (Å²) in [4.78, 5) is 17.0. The van der Waals surface area contributed by atoms with Crippen molar-refractivity contribution in [1.82, 2.24) is 9.80 Å². The number of nitrogens with zero attached hydrogens (tertiary/aromatic N) is 2. The number of carbonyl (C=O) groups excluding carboxylic acids is 1. The molecule has 0 saturated carbocycles. The molecule has 0 spiro atoms. The van der Waals surface area contributed by atoms with Crippen molar-refractivity contribution in [1.29, 1.82) is 0 Å². The van der Waals surface area contributed by atoms with Crippen LogP contribution in [0.25, 0.3) is 0 Å². The van der Waals surface area contributed by atoms with Gasteiger partial charge in [-0.3, -0.25) is 9.69 Å². The zero-order valence-electron chi connectivity index (χ0n) is 19.4. The van der Waals surface area contributed by atoms with Gasteiger partial charge in [0.25, 0.3) is 0 Å². The molecular formula is C27H32F2N2O2. The first-order valence-electron chi connectivity index (χ1n) is 11.5. The molecule has 176 valence electrons. The number of furan rings is 1. The maximum absolute atomic E-state index is 14.2. The highest BCUT2D eigenvalue weighted by Crippen LogP contribution is 2.15. The molecule has 0 aliphatic heterocycles. The Morgan fingerprint density at radius 1 is 0.970 bits per heavy atom. The molecule has 3 rings (SSSR count). The van der Waals surface area contributed by atoms with Crippen LogP contribution in [0.3, 0.4) is 0 Å². The van der Waals surface area contributed by atoms with Crippen molar-refractivity contribution in [2.24, 2.45) is 0 Å². The van der Waals surface area contributed by atoms with Crippen LogP contribution in [0.4, 0.5) is 8.78 Å². The van der Waals surface area contributed by atoms with Crippen LogP contribution < -0.4 is 0 Å². The van der Waals surface area contributed by atoms with Crippen LogP contribution in [0.2, 0.25) is 0 Å². The second kappa shape index (κ2) is 12.3. The second-order valence-corrected chi connectivity index (χ2v) is 8.36. The van der Waals surface area contributed by atoms with Crippen molar-refractivity contribution in [3.05, 3.63) is 94.9 Å². The highest BCUT2D eigenvalue weighted by atomic mass is 19.1. The molecule has 1 aromatic heterocycles. The fraction of sp³-hybridized carbons (Fsp3) is 0.370. The van der Waals surface area contributed by atoms with E-state index >= 15 is 0 Å². The van der Waals surface area contributed by atoms with Crippen molar-refractivity contribution in [2.45, 2.75) is 46.2 Å². The topological polar surface area (TPSA) is 36.7 Å². The minimum atomic E-state index is -0.481. The smallest absolute Gasteiger partial charge is 0.237 e. The van der Waals surface area contributed by atoms with Gasteiger partial charge < -0.3 is 9.32 Å². The summed E-state index contributed by atoms with van der Waals surface area (Å²) in [7, 11) is 0. The van der Waals surface area contributed by atoms with Crippen molar-refractivity contribution < 1.29 is 18.0 Å². The molecule has 0 radical (unpaired) electrons. The number of benzene rings is 2. The molecular weight excluding hydrogens is 422 g/mol. The Balaban J connectivity index is 1.73. The van der Waals surface area contributed by atoms with Gasteiger partial charge in [0.05, 0.1) is 13.1 Å². The van der Waals surface area contributed by atoms with E-state index in [2.05, 4.69) is 6.92 Å². The molecule has 0 saturated heterocycles. The molecule has 0 aliphatic rings. The second-order valence-electron chi connectivity index (χ2n) is 8.36. The number of hydrogen-bond donors (Lipinski definition) is 0. The molecule has 0 N–H and O–H groups in total. The van der Waals surface area contributed by atoms with E-state index < -0.39 is 11.6 Å². The first-order valence-corrected chi connectivity index (χ1v) is 11.5. The van der Waals surface area contributed by atoms with Crippen molar-refractivity contribution in [3.63, 3.8) is 0 Å². The highest BCUT2D eigenvalue weighted by Gasteiger charge is 2.20. The van der Waals surface area contributed by atoms with Crippen LogP contribution in [0.15, 0.2) is 65.1 Å². The molecule has 2 aromatic carbocycles. The van der Waals surface area contributed by atoms with E-state index in [-0.39, 0.29) is 24.6 Å². The monoisotopic (exact) mass is 454 g/mol. The van der Waals surface area contributed by atoms with Crippen LogP contribution in [0.5, 0.6) is 0 Å². The Bertz CT molecular complexity index is 1020. The lowest BCUT2D eigenvalue weighted by molar-refractivity contribution is -0.133. The molecule has 0 fully saturated rings. The Hall–Kier alpha value is -2.99. The normalized spacial score (nSPS) is 11.2. The Labute approximate surface area is 194 Å². The summed E-state index contributed by atoms with van der Waals surface area (Å²) in [6.07, 6.45) is 2.53. The summed E-state index contributed by atoms with van der Waals surface area (Å²) in [5.41, 5.74) is 1.41. The van der Waals surface area contributed by atoms with Crippen LogP contribution >= 0.6 is 0 Å². The van der Waals surface area contributed by atoms with Gasteiger partial charge in [-0.1, -0.05) is 43.7 Å². The van der Waals surface area contributed by atoms with Crippen LogP contribution in [-0.2, 0) is 24.3 Å². The lowest BCUT2D eigenvalue weighted by atomic mass is 10.1. The third-order valence-electron chi connectivity index (χ3n) is 5.60. The maximum atomic E-state index is 14.2. The van der Waals surface area contributed by atoms with Crippen LogP contribution in [-0.4, -0.2) is 35.3 Å². The molecule has 0 aliphatic carbocycles. The summed E-state index contributed by atoms with van der Waals surface area (Å²) >= 11 is 0.